The molecule has 0 saturated carbocycles. The van der Waals surface area contributed by atoms with Crippen LogP contribution in [0.5, 0.6) is 0 Å². The Labute approximate surface area is 563 Å². The molecule has 9 nitrogen and oxygen atoms in total. The predicted molar refractivity (Wildman–Crippen MR) is 392 cm³/mol. The number of carbonyl (C=O) groups excluding carboxylic acids is 1. The summed E-state index contributed by atoms with van der Waals surface area (Å²) in [5.41, 5.74) is 0. The number of ether oxygens (including phenoxy) is 2. The lowest BCUT2D eigenvalue weighted by Gasteiger charge is -2.40. The SMILES string of the molecule is CC/C=C\C/C=C\C/C=C\C/C=C\C/C=C\CCCCCCCCCCCCCCCCCCCCCCCCCCCC(=O)NC(COC1OC(CO)C(O)C(O)C1O)C(O)/C=C/CCCCCCCCCCCCCCCCCCCCCCCCCCC. The standard InChI is InChI=1S/C82H151NO8/c1-3-5-7-9-11-13-15-17-19-21-23-25-27-29-31-32-33-34-35-36-37-38-39-40-41-42-43-44-46-48-50-52-54-56-58-60-62-64-66-68-70-72-78(86)83-75(74-90-82-81(89)80(88)79(87)77(73-84)91-82)76(85)71-69-67-65-63-61-59-57-55-53-51-49-47-45-30-28-26-24-22-20-18-16-14-12-10-8-6-4-2/h5,7,11,13,17,19,23,25,29,31,69,71,75-77,79-82,84-85,87-89H,3-4,6,8-10,12,14-16,18,20-22,24,26-28,30,32-68,70,72-74H2,1-2H3,(H,83,86)/b7-5-,13-11-,19-17-,25-23-,31-29-,71-69+. The summed E-state index contributed by atoms with van der Waals surface area (Å²) in [6.07, 6.45) is 93.3. The van der Waals surface area contributed by atoms with Gasteiger partial charge in [-0.2, -0.15) is 0 Å². The highest BCUT2D eigenvalue weighted by atomic mass is 16.7. The molecule has 0 bridgehead atoms. The van der Waals surface area contributed by atoms with Gasteiger partial charge >= 0.3 is 0 Å². The van der Waals surface area contributed by atoms with E-state index in [0.29, 0.717) is 6.42 Å². The lowest BCUT2D eigenvalue weighted by Crippen LogP contribution is -2.60. The summed E-state index contributed by atoms with van der Waals surface area (Å²) in [7, 11) is 0. The van der Waals surface area contributed by atoms with E-state index in [-0.39, 0.29) is 12.5 Å². The number of carbonyl (C=O) groups is 1. The third-order valence-electron chi connectivity index (χ3n) is 18.8. The van der Waals surface area contributed by atoms with E-state index in [4.69, 9.17) is 9.47 Å². The molecular formula is C82H151NO8. The lowest BCUT2D eigenvalue weighted by molar-refractivity contribution is -0.302. The highest BCUT2D eigenvalue weighted by Gasteiger charge is 2.44. The van der Waals surface area contributed by atoms with Crippen LogP contribution in [0.25, 0.3) is 0 Å². The van der Waals surface area contributed by atoms with Crippen LogP contribution in [0, 0.1) is 0 Å². The van der Waals surface area contributed by atoms with Crippen LogP contribution in [-0.4, -0.2) is 87.5 Å². The highest BCUT2D eigenvalue weighted by molar-refractivity contribution is 5.76. The average Bonchev–Trinajstić information content (AvgIpc) is 1.58. The Morgan fingerprint density at radius 1 is 0.385 bits per heavy atom. The maximum absolute atomic E-state index is 13.2. The molecule has 0 aromatic carbocycles. The number of hydrogen-bond donors (Lipinski definition) is 6. The number of rotatable bonds is 70. The fourth-order valence-corrected chi connectivity index (χ4v) is 12.7. The molecule has 1 fully saturated rings. The van der Waals surface area contributed by atoms with E-state index in [1.807, 2.05) is 6.08 Å². The molecule has 1 rings (SSSR count). The van der Waals surface area contributed by atoms with Gasteiger partial charge in [0.15, 0.2) is 6.29 Å². The zero-order valence-electron chi connectivity index (χ0n) is 59.9. The summed E-state index contributed by atoms with van der Waals surface area (Å²) in [6, 6.07) is -0.807. The average molecular weight is 1280 g/mol. The molecule has 0 aromatic rings. The summed E-state index contributed by atoms with van der Waals surface area (Å²) >= 11 is 0. The minimum absolute atomic E-state index is 0.169. The molecule has 7 atom stereocenters. The van der Waals surface area contributed by atoms with Gasteiger partial charge in [-0.1, -0.05) is 389 Å². The Hall–Kier alpha value is -2.37. The number of aliphatic hydroxyl groups excluding tert-OH is 5. The second-order valence-corrected chi connectivity index (χ2v) is 27.5. The molecule has 532 valence electrons. The molecule has 9 heteroatoms. The van der Waals surface area contributed by atoms with Crippen molar-refractivity contribution in [2.24, 2.45) is 0 Å². The van der Waals surface area contributed by atoms with E-state index < -0.39 is 49.5 Å². The molecule has 0 aliphatic carbocycles. The van der Waals surface area contributed by atoms with Crippen molar-refractivity contribution in [3.05, 3.63) is 72.9 Å². The molecule has 1 aliphatic heterocycles. The van der Waals surface area contributed by atoms with Crippen molar-refractivity contribution in [2.75, 3.05) is 13.2 Å². The number of unbranched alkanes of at least 4 members (excludes halogenated alkanes) is 50. The number of hydrogen-bond acceptors (Lipinski definition) is 8. The Bertz CT molecular complexity index is 1670. The van der Waals surface area contributed by atoms with Crippen LogP contribution in [0.2, 0.25) is 0 Å². The summed E-state index contributed by atoms with van der Waals surface area (Å²) in [5, 5.41) is 54.9. The zero-order chi connectivity index (χ0) is 65.7. The summed E-state index contributed by atoms with van der Waals surface area (Å²) in [4.78, 5) is 13.2. The molecule has 6 N–H and O–H groups in total. The third kappa shape index (κ3) is 58.7. The quantitative estimate of drug-likeness (QED) is 0.0261. The minimum Gasteiger partial charge on any atom is -0.394 e. The first-order chi connectivity index (χ1) is 44.8. The molecular weight excluding hydrogens is 1130 g/mol. The Balaban J connectivity index is 2.05. The Morgan fingerprint density at radius 3 is 1.01 bits per heavy atom. The monoisotopic (exact) mass is 1280 g/mol. The van der Waals surface area contributed by atoms with Gasteiger partial charge < -0.3 is 40.3 Å². The van der Waals surface area contributed by atoms with Gasteiger partial charge in [0, 0.05) is 6.42 Å². The second-order valence-electron chi connectivity index (χ2n) is 27.5. The molecule has 1 amide bonds. The van der Waals surface area contributed by atoms with Crippen LogP contribution in [0.4, 0.5) is 0 Å². The molecule has 0 spiro atoms. The molecule has 1 heterocycles. The third-order valence-corrected chi connectivity index (χ3v) is 18.8. The molecule has 7 unspecified atom stereocenters. The van der Waals surface area contributed by atoms with Gasteiger partial charge in [0.1, 0.15) is 24.4 Å². The van der Waals surface area contributed by atoms with Crippen molar-refractivity contribution >= 4 is 5.91 Å². The Morgan fingerprint density at radius 2 is 0.681 bits per heavy atom. The number of amides is 1. The number of nitrogens with one attached hydrogen (secondary N) is 1. The van der Waals surface area contributed by atoms with E-state index in [9.17, 15) is 30.3 Å². The topological polar surface area (TPSA) is 149 Å². The highest BCUT2D eigenvalue weighted by Crippen LogP contribution is 2.24. The van der Waals surface area contributed by atoms with Crippen LogP contribution < -0.4 is 5.32 Å². The van der Waals surface area contributed by atoms with Gasteiger partial charge in [-0.25, -0.2) is 0 Å². The van der Waals surface area contributed by atoms with E-state index in [1.165, 1.54) is 295 Å². The van der Waals surface area contributed by atoms with Crippen molar-refractivity contribution in [1.82, 2.24) is 5.32 Å². The normalized spacial score (nSPS) is 18.1. The van der Waals surface area contributed by atoms with Gasteiger partial charge in [-0.3, -0.25) is 4.79 Å². The molecule has 91 heavy (non-hydrogen) atoms. The van der Waals surface area contributed by atoms with E-state index in [1.54, 1.807) is 6.08 Å². The zero-order valence-corrected chi connectivity index (χ0v) is 59.9. The van der Waals surface area contributed by atoms with Gasteiger partial charge in [-0.15, -0.1) is 0 Å². The fourth-order valence-electron chi connectivity index (χ4n) is 12.7. The number of aliphatic hydroxyl groups is 5. The fraction of sp³-hybridized carbons (Fsp3) is 0.841. The number of allylic oxidation sites excluding steroid dienone is 11. The van der Waals surface area contributed by atoms with E-state index in [0.717, 1.165) is 70.6 Å². The van der Waals surface area contributed by atoms with Crippen LogP contribution in [0.1, 0.15) is 386 Å². The summed E-state index contributed by atoms with van der Waals surface area (Å²) < 4.78 is 11.3. The van der Waals surface area contributed by atoms with Crippen LogP contribution >= 0.6 is 0 Å². The van der Waals surface area contributed by atoms with Crippen molar-refractivity contribution < 1.29 is 39.8 Å². The molecule has 0 radical (unpaired) electrons. The van der Waals surface area contributed by atoms with Crippen molar-refractivity contribution in [3.8, 4) is 0 Å². The lowest BCUT2D eigenvalue weighted by atomic mass is 9.99. The van der Waals surface area contributed by atoms with E-state index >= 15 is 0 Å². The van der Waals surface area contributed by atoms with Crippen LogP contribution in [-0.2, 0) is 14.3 Å². The van der Waals surface area contributed by atoms with Crippen LogP contribution in [0.3, 0.4) is 0 Å². The first kappa shape index (κ1) is 86.6. The maximum Gasteiger partial charge on any atom is 0.220 e. The second kappa shape index (κ2) is 70.4. The molecule has 1 saturated heterocycles. The van der Waals surface area contributed by atoms with Crippen molar-refractivity contribution in [1.29, 1.82) is 0 Å². The van der Waals surface area contributed by atoms with Crippen molar-refractivity contribution in [2.45, 2.75) is 429 Å². The Kier molecular flexibility index (Phi) is 67.1. The van der Waals surface area contributed by atoms with Gasteiger partial charge in [0.05, 0.1) is 25.4 Å². The van der Waals surface area contributed by atoms with Gasteiger partial charge in [0.2, 0.25) is 5.91 Å². The first-order valence-corrected chi connectivity index (χ1v) is 39.7. The molecule has 1 aliphatic rings. The molecule has 0 aromatic heterocycles. The van der Waals surface area contributed by atoms with Gasteiger partial charge in [-0.05, 0) is 64.2 Å². The van der Waals surface area contributed by atoms with Crippen molar-refractivity contribution in [3.63, 3.8) is 0 Å². The van der Waals surface area contributed by atoms with E-state index in [2.05, 4.69) is 79.9 Å². The summed E-state index contributed by atoms with van der Waals surface area (Å²) in [6.45, 7) is 3.72. The summed E-state index contributed by atoms with van der Waals surface area (Å²) in [5.74, 6) is -0.169. The predicted octanol–water partition coefficient (Wildman–Crippen LogP) is 22.7. The first-order valence-electron chi connectivity index (χ1n) is 39.7. The van der Waals surface area contributed by atoms with Gasteiger partial charge in [0.25, 0.3) is 0 Å². The minimum atomic E-state index is -1.57. The van der Waals surface area contributed by atoms with Crippen LogP contribution in [0.15, 0.2) is 72.9 Å². The maximum atomic E-state index is 13.2. The largest absolute Gasteiger partial charge is 0.394 e. The smallest absolute Gasteiger partial charge is 0.220 e.